The molecule has 0 unspecified atom stereocenters. The minimum Gasteiger partial charge on any atom is -0.479 e. The minimum absolute atomic E-state index is 0.388. The number of pyridine rings is 1. The van der Waals surface area contributed by atoms with E-state index in [1.165, 1.54) is 7.11 Å². The van der Waals surface area contributed by atoms with Gasteiger partial charge in [0.05, 0.1) is 19.4 Å². The Labute approximate surface area is 89.2 Å². The van der Waals surface area contributed by atoms with Crippen molar-refractivity contribution in [3.05, 3.63) is 12.1 Å². The maximum atomic E-state index is 5.61. The molecule has 0 spiro atoms. The van der Waals surface area contributed by atoms with E-state index in [1.54, 1.807) is 19.2 Å². The minimum atomic E-state index is 0.388. The van der Waals surface area contributed by atoms with Gasteiger partial charge in [0.1, 0.15) is 0 Å². The molecule has 0 bridgehead atoms. The first-order chi connectivity index (χ1) is 7.27. The van der Waals surface area contributed by atoms with E-state index < -0.39 is 0 Å². The highest BCUT2D eigenvalue weighted by molar-refractivity contribution is 5.49. The van der Waals surface area contributed by atoms with Crippen LogP contribution in [0.4, 0.5) is 5.69 Å². The molecule has 0 radical (unpaired) electrons. The molecule has 84 valence electrons. The summed E-state index contributed by atoms with van der Waals surface area (Å²) in [5, 5.41) is 0. The molecule has 0 saturated carbocycles. The SMILES string of the molecule is COCCCOc1ccc(N)c(OC)n1. The predicted octanol–water partition coefficient (Wildman–Crippen LogP) is 1.09. The average molecular weight is 212 g/mol. The van der Waals surface area contributed by atoms with Crippen molar-refractivity contribution in [3.63, 3.8) is 0 Å². The Morgan fingerprint density at radius 3 is 2.73 bits per heavy atom. The highest BCUT2D eigenvalue weighted by atomic mass is 16.5. The lowest BCUT2D eigenvalue weighted by molar-refractivity contribution is 0.170. The largest absolute Gasteiger partial charge is 0.479 e. The van der Waals surface area contributed by atoms with E-state index in [9.17, 15) is 0 Å². The summed E-state index contributed by atoms with van der Waals surface area (Å²) in [7, 11) is 3.18. The van der Waals surface area contributed by atoms with Crippen molar-refractivity contribution in [1.82, 2.24) is 4.98 Å². The Balaban J connectivity index is 2.47. The van der Waals surface area contributed by atoms with Crippen molar-refractivity contribution in [3.8, 4) is 11.8 Å². The molecule has 5 heteroatoms. The molecule has 0 saturated heterocycles. The van der Waals surface area contributed by atoms with E-state index in [2.05, 4.69) is 4.98 Å². The summed E-state index contributed by atoms with van der Waals surface area (Å²) in [6.07, 6.45) is 0.824. The zero-order valence-corrected chi connectivity index (χ0v) is 9.03. The average Bonchev–Trinajstić information content (AvgIpc) is 2.26. The predicted molar refractivity (Wildman–Crippen MR) is 57.2 cm³/mol. The molecule has 0 aliphatic heterocycles. The maximum absolute atomic E-state index is 5.61. The molecule has 0 atom stereocenters. The Hall–Kier alpha value is -1.49. The standard InChI is InChI=1S/C10H16N2O3/c1-13-6-3-7-15-9-5-4-8(11)10(12-9)14-2/h4-5H,3,6-7,11H2,1-2H3. The summed E-state index contributed by atoms with van der Waals surface area (Å²) < 4.78 is 15.2. The molecule has 0 fully saturated rings. The van der Waals surface area contributed by atoms with Crippen LogP contribution in [-0.4, -0.2) is 32.4 Å². The molecule has 1 aromatic heterocycles. The monoisotopic (exact) mass is 212 g/mol. The zero-order valence-electron chi connectivity index (χ0n) is 9.03. The highest BCUT2D eigenvalue weighted by Gasteiger charge is 2.03. The Kier molecular flexibility index (Phi) is 4.70. The topological polar surface area (TPSA) is 66.6 Å². The van der Waals surface area contributed by atoms with Crippen LogP contribution in [0.15, 0.2) is 12.1 Å². The second-order valence-electron chi connectivity index (χ2n) is 2.94. The first-order valence-electron chi connectivity index (χ1n) is 4.70. The van der Waals surface area contributed by atoms with E-state index in [0.717, 1.165) is 6.42 Å². The fourth-order valence-electron chi connectivity index (χ4n) is 1.06. The Bertz CT molecular complexity index is 305. The number of nitrogens with zero attached hydrogens (tertiary/aromatic N) is 1. The lowest BCUT2D eigenvalue weighted by Gasteiger charge is -2.07. The van der Waals surface area contributed by atoms with Crippen LogP contribution in [0.3, 0.4) is 0 Å². The number of aromatic nitrogens is 1. The maximum Gasteiger partial charge on any atom is 0.240 e. The first-order valence-corrected chi connectivity index (χ1v) is 4.70. The van der Waals surface area contributed by atoms with Gasteiger partial charge in [0, 0.05) is 26.2 Å². The van der Waals surface area contributed by atoms with E-state index >= 15 is 0 Å². The number of hydrogen-bond donors (Lipinski definition) is 1. The molecule has 0 aromatic carbocycles. The van der Waals surface area contributed by atoms with Gasteiger partial charge in [-0.3, -0.25) is 0 Å². The number of nitrogen functional groups attached to an aromatic ring is 1. The summed E-state index contributed by atoms with van der Waals surface area (Å²) in [6.45, 7) is 1.24. The van der Waals surface area contributed by atoms with Crippen LogP contribution in [0.5, 0.6) is 11.8 Å². The number of methoxy groups -OCH3 is 2. The van der Waals surface area contributed by atoms with Gasteiger partial charge in [-0.1, -0.05) is 0 Å². The van der Waals surface area contributed by atoms with Gasteiger partial charge in [-0.05, 0) is 6.07 Å². The molecule has 0 amide bonds. The van der Waals surface area contributed by atoms with Crippen molar-refractivity contribution in [2.75, 3.05) is 33.2 Å². The molecule has 2 N–H and O–H groups in total. The summed E-state index contributed by atoms with van der Waals surface area (Å²) in [4.78, 5) is 4.08. The number of hydrogen-bond acceptors (Lipinski definition) is 5. The second-order valence-corrected chi connectivity index (χ2v) is 2.94. The molecule has 1 rings (SSSR count). The summed E-state index contributed by atoms with van der Waals surface area (Å²) in [5.41, 5.74) is 6.11. The van der Waals surface area contributed by atoms with Crippen LogP contribution in [0.2, 0.25) is 0 Å². The molecule has 5 nitrogen and oxygen atoms in total. The summed E-state index contributed by atoms with van der Waals surface area (Å²) in [6, 6.07) is 3.42. The van der Waals surface area contributed by atoms with Crippen LogP contribution >= 0.6 is 0 Å². The molecule has 15 heavy (non-hydrogen) atoms. The lowest BCUT2D eigenvalue weighted by Crippen LogP contribution is -2.04. The van der Waals surface area contributed by atoms with Crippen molar-refractivity contribution >= 4 is 5.69 Å². The van der Waals surface area contributed by atoms with Gasteiger partial charge in [0.15, 0.2) is 0 Å². The highest BCUT2D eigenvalue weighted by Crippen LogP contribution is 2.21. The fraction of sp³-hybridized carbons (Fsp3) is 0.500. The quantitative estimate of drug-likeness (QED) is 0.715. The van der Waals surface area contributed by atoms with Crippen LogP contribution < -0.4 is 15.2 Å². The third-order valence-corrected chi connectivity index (χ3v) is 1.80. The molecule has 0 aliphatic rings. The van der Waals surface area contributed by atoms with Crippen molar-refractivity contribution in [1.29, 1.82) is 0 Å². The Morgan fingerprint density at radius 2 is 2.07 bits per heavy atom. The van der Waals surface area contributed by atoms with Crippen molar-refractivity contribution in [2.45, 2.75) is 6.42 Å². The second kappa shape index (κ2) is 6.08. The fourth-order valence-corrected chi connectivity index (χ4v) is 1.06. The van der Waals surface area contributed by atoms with E-state index in [0.29, 0.717) is 30.7 Å². The van der Waals surface area contributed by atoms with Gasteiger partial charge in [-0.25, -0.2) is 0 Å². The summed E-state index contributed by atoms with van der Waals surface area (Å²) >= 11 is 0. The third-order valence-electron chi connectivity index (χ3n) is 1.80. The van der Waals surface area contributed by atoms with Gasteiger partial charge in [-0.2, -0.15) is 4.98 Å². The van der Waals surface area contributed by atoms with Gasteiger partial charge in [0.25, 0.3) is 0 Å². The zero-order chi connectivity index (χ0) is 11.1. The molecule has 1 aromatic rings. The lowest BCUT2D eigenvalue weighted by atomic mass is 10.4. The van der Waals surface area contributed by atoms with E-state index in [-0.39, 0.29) is 0 Å². The van der Waals surface area contributed by atoms with Crippen LogP contribution in [0.25, 0.3) is 0 Å². The van der Waals surface area contributed by atoms with Gasteiger partial charge in [0.2, 0.25) is 11.8 Å². The van der Waals surface area contributed by atoms with Crippen molar-refractivity contribution in [2.24, 2.45) is 0 Å². The molecule has 0 aliphatic carbocycles. The van der Waals surface area contributed by atoms with Crippen LogP contribution in [0.1, 0.15) is 6.42 Å². The number of ether oxygens (including phenoxy) is 3. The first kappa shape index (κ1) is 11.6. The number of anilines is 1. The number of nitrogens with two attached hydrogens (primary N) is 1. The molecular formula is C10H16N2O3. The molecule has 1 heterocycles. The van der Waals surface area contributed by atoms with Gasteiger partial charge >= 0.3 is 0 Å². The van der Waals surface area contributed by atoms with Crippen molar-refractivity contribution < 1.29 is 14.2 Å². The van der Waals surface area contributed by atoms with E-state index in [4.69, 9.17) is 19.9 Å². The third kappa shape index (κ3) is 3.63. The Morgan fingerprint density at radius 1 is 1.27 bits per heavy atom. The van der Waals surface area contributed by atoms with Gasteiger partial charge in [-0.15, -0.1) is 0 Å². The normalized spacial score (nSPS) is 10.0. The van der Waals surface area contributed by atoms with E-state index in [1.807, 2.05) is 0 Å². The van der Waals surface area contributed by atoms with Gasteiger partial charge < -0.3 is 19.9 Å². The molecular weight excluding hydrogens is 196 g/mol. The van der Waals surface area contributed by atoms with Crippen LogP contribution in [-0.2, 0) is 4.74 Å². The van der Waals surface area contributed by atoms with Crippen LogP contribution in [0, 0.1) is 0 Å². The summed E-state index contributed by atoms with van der Waals surface area (Å²) in [5.74, 6) is 0.899. The smallest absolute Gasteiger partial charge is 0.240 e. The number of rotatable bonds is 6.